The van der Waals surface area contributed by atoms with Gasteiger partial charge in [0.2, 0.25) is 0 Å². The molecule has 0 spiro atoms. The maximum atomic E-state index is 12.7. The van der Waals surface area contributed by atoms with Crippen LogP contribution in [-0.4, -0.2) is 15.7 Å². The van der Waals surface area contributed by atoms with E-state index < -0.39 is 5.91 Å². The molecule has 6 heteroatoms. The predicted octanol–water partition coefficient (Wildman–Crippen LogP) is 5.45. The van der Waals surface area contributed by atoms with Crippen LogP contribution in [-0.2, 0) is 4.79 Å². The molecule has 30 heavy (non-hydrogen) atoms. The molecular weight excluding hydrogens is 392 g/mol. The van der Waals surface area contributed by atoms with Gasteiger partial charge in [-0.15, -0.1) is 11.3 Å². The van der Waals surface area contributed by atoms with Gasteiger partial charge >= 0.3 is 0 Å². The minimum atomic E-state index is -0.453. The molecule has 0 aliphatic rings. The molecule has 2 aromatic carbocycles. The predicted molar refractivity (Wildman–Crippen MR) is 120 cm³/mol. The summed E-state index contributed by atoms with van der Waals surface area (Å²) >= 11 is 1.56. The van der Waals surface area contributed by atoms with Crippen molar-refractivity contribution in [2.24, 2.45) is 0 Å². The molecule has 4 rings (SSSR count). The van der Waals surface area contributed by atoms with Crippen molar-refractivity contribution in [3.05, 3.63) is 95.0 Å². The van der Waals surface area contributed by atoms with E-state index in [2.05, 4.69) is 5.32 Å². The summed E-state index contributed by atoms with van der Waals surface area (Å²) in [7, 11) is 0. The van der Waals surface area contributed by atoms with Gasteiger partial charge < -0.3 is 5.32 Å². The Morgan fingerprint density at radius 1 is 1.10 bits per heavy atom. The monoisotopic (exact) mass is 410 g/mol. The van der Waals surface area contributed by atoms with Crippen molar-refractivity contribution in [3.8, 4) is 22.3 Å². The van der Waals surface area contributed by atoms with Gasteiger partial charge in [-0.3, -0.25) is 4.79 Å². The van der Waals surface area contributed by atoms with E-state index in [-0.39, 0.29) is 5.57 Å². The van der Waals surface area contributed by atoms with Crippen molar-refractivity contribution >= 4 is 29.0 Å². The number of carbonyl (C=O) groups is 1. The van der Waals surface area contributed by atoms with E-state index in [9.17, 15) is 10.1 Å². The summed E-state index contributed by atoms with van der Waals surface area (Å²) < 4.78 is 1.76. The van der Waals surface area contributed by atoms with Crippen LogP contribution in [0.15, 0.2) is 83.9 Å². The van der Waals surface area contributed by atoms with Crippen LogP contribution in [0, 0.1) is 18.3 Å². The Hall–Kier alpha value is -3.95. The SMILES string of the molecule is Cc1ccc(NC(=O)/C(C#N)=C/c2cn(-c3ccccc3)nc2-c2cccs2)cc1. The van der Waals surface area contributed by atoms with E-state index in [1.54, 1.807) is 22.1 Å². The Bertz CT molecular complexity index is 1230. The number of carbonyl (C=O) groups excluding carboxylic acids is 1. The zero-order chi connectivity index (χ0) is 20.9. The van der Waals surface area contributed by atoms with Crippen LogP contribution in [0.5, 0.6) is 0 Å². The minimum Gasteiger partial charge on any atom is -0.321 e. The van der Waals surface area contributed by atoms with Crippen molar-refractivity contribution in [1.29, 1.82) is 5.26 Å². The fraction of sp³-hybridized carbons (Fsp3) is 0.0417. The zero-order valence-electron chi connectivity index (χ0n) is 16.2. The van der Waals surface area contributed by atoms with Crippen molar-refractivity contribution in [3.63, 3.8) is 0 Å². The van der Waals surface area contributed by atoms with Gasteiger partial charge in [0.05, 0.1) is 10.6 Å². The minimum absolute atomic E-state index is 0.0148. The first-order valence-electron chi connectivity index (χ1n) is 9.33. The van der Waals surface area contributed by atoms with Crippen molar-refractivity contribution < 1.29 is 4.79 Å². The average Bonchev–Trinajstić information content (AvgIpc) is 3.44. The largest absolute Gasteiger partial charge is 0.321 e. The summed E-state index contributed by atoms with van der Waals surface area (Å²) in [5, 5.41) is 19.1. The topological polar surface area (TPSA) is 70.7 Å². The number of amides is 1. The number of nitriles is 1. The molecule has 0 atom stereocenters. The molecule has 0 aliphatic heterocycles. The molecule has 0 unspecified atom stereocenters. The number of para-hydroxylation sites is 1. The van der Waals surface area contributed by atoms with Gasteiger partial charge in [-0.2, -0.15) is 10.4 Å². The van der Waals surface area contributed by atoms with Gasteiger partial charge in [-0.05, 0) is 48.7 Å². The number of nitrogens with one attached hydrogen (secondary N) is 1. The summed E-state index contributed by atoms with van der Waals surface area (Å²) in [6.07, 6.45) is 3.42. The molecule has 0 fully saturated rings. The van der Waals surface area contributed by atoms with E-state index in [1.807, 2.05) is 91.3 Å². The van der Waals surface area contributed by atoms with Gasteiger partial charge in [0.1, 0.15) is 17.3 Å². The lowest BCUT2D eigenvalue weighted by Crippen LogP contribution is -2.13. The van der Waals surface area contributed by atoms with E-state index in [4.69, 9.17) is 5.10 Å². The number of thiophene rings is 1. The second-order valence-corrected chi connectivity index (χ2v) is 7.63. The normalized spacial score (nSPS) is 11.1. The molecule has 2 aromatic heterocycles. The van der Waals surface area contributed by atoms with E-state index in [0.29, 0.717) is 11.3 Å². The molecular formula is C24H18N4OS. The summed E-state index contributed by atoms with van der Waals surface area (Å²) in [6.45, 7) is 1.97. The first kappa shape index (κ1) is 19.4. The fourth-order valence-electron chi connectivity index (χ4n) is 2.95. The lowest BCUT2D eigenvalue weighted by atomic mass is 10.1. The number of hydrogen-bond donors (Lipinski definition) is 1. The van der Waals surface area contributed by atoms with Gasteiger partial charge in [0, 0.05) is 17.4 Å². The van der Waals surface area contributed by atoms with Crippen LogP contribution < -0.4 is 5.32 Å². The maximum Gasteiger partial charge on any atom is 0.266 e. The standard InChI is InChI=1S/C24H18N4OS/c1-17-9-11-20(12-10-17)26-24(29)18(15-25)14-19-16-28(21-6-3-2-4-7-21)27-23(19)22-8-5-13-30-22/h2-14,16H,1H3,(H,26,29)/b18-14+. The Labute approximate surface area is 178 Å². The summed E-state index contributed by atoms with van der Waals surface area (Å²) in [5.41, 5.74) is 4.09. The van der Waals surface area contributed by atoms with Gasteiger partial charge in [0.25, 0.3) is 5.91 Å². The maximum absolute atomic E-state index is 12.7. The molecule has 0 aliphatic carbocycles. The molecule has 0 bridgehead atoms. The first-order chi connectivity index (χ1) is 14.6. The molecule has 0 saturated carbocycles. The van der Waals surface area contributed by atoms with Crippen LogP contribution in [0.4, 0.5) is 5.69 Å². The number of aryl methyl sites for hydroxylation is 1. The van der Waals surface area contributed by atoms with Crippen molar-refractivity contribution in [2.75, 3.05) is 5.32 Å². The molecule has 5 nitrogen and oxygen atoms in total. The number of benzene rings is 2. The van der Waals surface area contributed by atoms with E-state index >= 15 is 0 Å². The smallest absolute Gasteiger partial charge is 0.266 e. The van der Waals surface area contributed by atoms with Crippen molar-refractivity contribution in [2.45, 2.75) is 6.92 Å². The third kappa shape index (κ3) is 4.22. The second-order valence-electron chi connectivity index (χ2n) is 6.68. The number of hydrogen-bond acceptors (Lipinski definition) is 4. The Kier molecular flexibility index (Phi) is 5.55. The molecule has 1 amide bonds. The Morgan fingerprint density at radius 2 is 1.87 bits per heavy atom. The fourth-order valence-corrected chi connectivity index (χ4v) is 3.68. The highest BCUT2D eigenvalue weighted by molar-refractivity contribution is 7.13. The molecule has 146 valence electrons. The highest BCUT2D eigenvalue weighted by Gasteiger charge is 2.16. The molecule has 0 radical (unpaired) electrons. The quantitative estimate of drug-likeness (QED) is 0.351. The van der Waals surface area contributed by atoms with Gasteiger partial charge in [-0.1, -0.05) is 42.0 Å². The zero-order valence-corrected chi connectivity index (χ0v) is 17.1. The summed E-state index contributed by atoms with van der Waals surface area (Å²) in [4.78, 5) is 13.6. The van der Waals surface area contributed by atoms with Gasteiger partial charge in [0.15, 0.2) is 0 Å². The summed E-state index contributed by atoms with van der Waals surface area (Å²) in [5.74, 6) is -0.453. The highest BCUT2D eigenvalue weighted by atomic mass is 32.1. The van der Waals surface area contributed by atoms with E-state index in [0.717, 1.165) is 21.8 Å². The second kappa shape index (κ2) is 8.60. The Morgan fingerprint density at radius 3 is 2.53 bits per heavy atom. The van der Waals surface area contributed by atoms with Crippen LogP contribution in [0.2, 0.25) is 0 Å². The number of anilines is 1. The molecule has 2 heterocycles. The average molecular weight is 411 g/mol. The highest BCUT2D eigenvalue weighted by Crippen LogP contribution is 2.29. The molecule has 4 aromatic rings. The number of nitrogens with zero attached hydrogens (tertiary/aromatic N) is 3. The third-order valence-electron chi connectivity index (χ3n) is 4.49. The van der Waals surface area contributed by atoms with Crippen LogP contribution in [0.1, 0.15) is 11.1 Å². The Balaban J connectivity index is 1.71. The molecule has 0 saturated heterocycles. The van der Waals surface area contributed by atoms with E-state index in [1.165, 1.54) is 0 Å². The van der Waals surface area contributed by atoms with Crippen LogP contribution in [0.25, 0.3) is 22.3 Å². The lowest BCUT2D eigenvalue weighted by Gasteiger charge is -2.04. The van der Waals surface area contributed by atoms with Crippen LogP contribution in [0.3, 0.4) is 0 Å². The first-order valence-corrected chi connectivity index (χ1v) is 10.2. The van der Waals surface area contributed by atoms with Gasteiger partial charge in [-0.25, -0.2) is 4.68 Å². The van der Waals surface area contributed by atoms with Crippen LogP contribution >= 0.6 is 11.3 Å². The number of aromatic nitrogens is 2. The summed E-state index contributed by atoms with van der Waals surface area (Å²) in [6, 6.07) is 23.1. The number of rotatable bonds is 5. The third-order valence-corrected chi connectivity index (χ3v) is 5.37. The van der Waals surface area contributed by atoms with Crippen molar-refractivity contribution in [1.82, 2.24) is 9.78 Å². The lowest BCUT2D eigenvalue weighted by molar-refractivity contribution is -0.112. The molecule has 1 N–H and O–H groups in total.